The summed E-state index contributed by atoms with van der Waals surface area (Å²) in [5.74, 6) is -0.391. The summed E-state index contributed by atoms with van der Waals surface area (Å²) in [5, 5.41) is 14.9. The van der Waals surface area contributed by atoms with Crippen LogP contribution in [0.15, 0.2) is 18.2 Å². The fourth-order valence-corrected chi connectivity index (χ4v) is 1.48. The average molecular weight is 264 g/mol. The lowest BCUT2D eigenvalue weighted by Gasteiger charge is -2.10. The van der Waals surface area contributed by atoms with Gasteiger partial charge in [-0.1, -0.05) is 26.0 Å². The predicted octanol–water partition coefficient (Wildman–Crippen LogP) is 1.20. The number of phenols is 1. The van der Waals surface area contributed by atoms with Gasteiger partial charge in [0, 0.05) is 6.54 Å². The van der Waals surface area contributed by atoms with Gasteiger partial charge in [0.05, 0.1) is 12.1 Å². The molecule has 5 heteroatoms. The Bertz CT molecular complexity index is 470. The van der Waals surface area contributed by atoms with Gasteiger partial charge in [-0.05, 0) is 24.5 Å². The van der Waals surface area contributed by atoms with E-state index in [-0.39, 0.29) is 23.8 Å². The normalized spacial score (nSPS) is 10.3. The summed E-state index contributed by atoms with van der Waals surface area (Å²) in [6.45, 7) is 6.16. The van der Waals surface area contributed by atoms with Crippen molar-refractivity contribution in [3.8, 4) is 5.75 Å². The Labute approximate surface area is 113 Å². The highest BCUT2D eigenvalue weighted by Crippen LogP contribution is 2.20. The molecule has 0 fully saturated rings. The van der Waals surface area contributed by atoms with Crippen molar-refractivity contribution in [2.75, 3.05) is 13.1 Å². The maximum absolute atomic E-state index is 11.8. The Hall–Kier alpha value is -2.04. The number of hydrogen-bond donors (Lipinski definition) is 3. The first kappa shape index (κ1) is 15.0. The fourth-order valence-electron chi connectivity index (χ4n) is 1.48. The molecule has 3 N–H and O–H groups in total. The van der Waals surface area contributed by atoms with Crippen molar-refractivity contribution in [2.24, 2.45) is 5.92 Å². The maximum Gasteiger partial charge on any atom is 0.255 e. The number of amides is 2. The third-order valence-corrected chi connectivity index (χ3v) is 2.60. The molecular weight excluding hydrogens is 244 g/mol. The van der Waals surface area contributed by atoms with Crippen LogP contribution in [0, 0.1) is 12.8 Å². The molecule has 2 amide bonds. The minimum atomic E-state index is -0.458. The Morgan fingerprint density at radius 1 is 1.26 bits per heavy atom. The largest absolute Gasteiger partial charge is 0.507 e. The molecule has 0 radical (unpaired) electrons. The Kier molecular flexibility index (Phi) is 5.36. The fraction of sp³-hybridized carbons (Fsp3) is 0.429. The van der Waals surface area contributed by atoms with E-state index in [0.29, 0.717) is 18.0 Å². The zero-order chi connectivity index (χ0) is 14.4. The van der Waals surface area contributed by atoms with Crippen molar-refractivity contribution in [2.45, 2.75) is 20.8 Å². The third kappa shape index (κ3) is 4.62. The molecule has 0 atom stereocenters. The Morgan fingerprint density at radius 3 is 2.58 bits per heavy atom. The highest BCUT2D eigenvalue weighted by atomic mass is 16.3. The SMILES string of the molecule is Cc1cccc(C(=O)NCC(=O)NCC(C)C)c1O. The number of phenolic OH excluding ortho intramolecular Hbond substituents is 1. The van der Waals surface area contributed by atoms with Crippen LogP contribution >= 0.6 is 0 Å². The number of benzene rings is 1. The van der Waals surface area contributed by atoms with E-state index in [1.54, 1.807) is 19.1 Å². The molecule has 0 aliphatic carbocycles. The molecule has 19 heavy (non-hydrogen) atoms. The quantitative estimate of drug-likeness (QED) is 0.747. The first-order valence-electron chi connectivity index (χ1n) is 6.25. The molecule has 0 spiro atoms. The lowest BCUT2D eigenvalue weighted by molar-refractivity contribution is -0.120. The lowest BCUT2D eigenvalue weighted by atomic mass is 10.1. The van der Waals surface area contributed by atoms with E-state index in [9.17, 15) is 14.7 Å². The van der Waals surface area contributed by atoms with Crippen molar-refractivity contribution < 1.29 is 14.7 Å². The first-order valence-corrected chi connectivity index (χ1v) is 6.25. The Morgan fingerprint density at radius 2 is 1.95 bits per heavy atom. The average Bonchev–Trinajstić information content (AvgIpc) is 2.36. The number of carbonyl (C=O) groups excluding carboxylic acids is 2. The van der Waals surface area contributed by atoms with Gasteiger partial charge in [-0.25, -0.2) is 0 Å². The van der Waals surface area contributed by atoms with Crippen LogP contribution in [0.25, 0.3) is 0 Å². The summed E-state index contributed by atoms with van der Waals surface area (Å²) in [4.78, 5) is 23.3. The summed E-state index contributed by atoms with van der Waals surface area (Å²) in [7, 11) is 0. The molecule has 5 nitrogen and oxygen atoms in total. The monoisotopic (exact) mass is 264 g/mol. The molecule has 0 saturated carbocycles. The van der Waals surface area contributed by atoms with Crippen LogP contribution < -0.4 is 10.6 Å². The number of aromatic hydroxyl groups is 1. The summed E-state index contributed by atoms with van der Waals surface area (Å²) >= 11 is 0. The molecule has 0 aromatic heterocycles. The molecule has 0 unspecified atom stereocenters. The molecule has 0 aliphatic heterocycles. The zero-order valence-electron chi connectivity index (χ0n) is 11.5. The van der Waals surface area contributed by atoms with Crippen molar-refractivity contribution in [3.63, 3.8) is 0 Å². The predicted molar refractivity (Wildman–Crippen MR) is 73.0 cm³/mol. The molecule has 1 aromatic carbocycles. The van der Waals surface area contributed by atoms with Gasteiger partial charge in [0.25, 0.3) is 5.91 Å². The molecule has 0 aliphatic rings. The second kappa shape index (κ2) is 6.78. The van der Waals surface area contributed by atoms with Gasteiger partial charge in [0.1, 0.15) is 5.75 Å². The molecule has 1 aromatic rings. The van der Waals surface area contributed by atoms with Gasteiger partial charge < -0.3 is 15.7 Å². The topological polar surface area (TPSA) is 78.4 Å². The van der Waals surface area contributed by atoms with E-state index in [1.807, 2.05) is 13.8 Å². The molecule has 0 heterocycles. The van der Waals surface area contributed by atoms with E-state index in [4.69, 9.17) is 0 Å². The molecule has 104 valence electrons. The zero-order valence-corrected chi connectivity index (χ0v) is 11.5. The van der Waals surface area contributed by atoms with Crippen LogP contribution in [0.4, 0.5) is 0 Å². The number of carbonyl (C=O) groups is 2. The van der Waals surface area contributed by atoms with Crippen molar-refractivity contribution >= 4 is 11.8 Å². The number of aryl methyl sites for hydroxylation is 1. The molecule has 0 bridgehead atoms. The number of nitrogens with one attached hydrogen (secondary N) is 2. The third-order valence-electron chi connectivity index (χ3n) is 2.60. The van der Waals surface area contributed by atoms with Crippen LogP contribution in [-0.2, 0) is 4.79 Å². The van der Waals surface area contributed by atoms with Crippen molar-refractivity contribution in [1.82, 2.24) is 10.6 Å². The second-order valence-corrected chi connectivity index (χ2v) is 4.85. The van der Waals surface area contributed by atoms with Crippen LogP contribution in [-0.4, -0.2) is 30.0 Å². The number of para-hydroxylation sites is 1. The number of rotatable bonds is 5. The van der Waals surface area contributed by atoms with Crippen LogP contribution in [0.5, 0.6) is 5.75 Å². The van der Waals surface area contributed by atoms with Crippen LogP contribution in [0.3, 0.4) is 0 Å². The standard InChI is InChI=1S/C14H20N2O3/c1-9(2)7-15-12(17)8-16-14(19)11-6-4-5-10(3)13(11)18/h4-6,9,18H,7-8H2,1-3H3,(H,15,17)(H,16,19). The van der Waals surface area contributed by atoms with Gasteiger partial charge in [0.15, 0.2) is 0 Å². The van der Waals surface area contributed by atoms with Gasteiger partial charge >= 0.3 is 0 Å². The van der Waals surface area contributed by atoms with E-state index in [0.717, 1.165) is 0 Å². The second-order valence-electron chi connectivity index (χ2n) is 4.85. The molecule has 0 saturated heterocycles. The van der Waals surface area contributed by atoms with Crippen LogP contribution in [0.2, 0.25) is 0 Å². The Balaban J connectivity index is 2.52. The van der Waals surface area contributed by atoms with Gasteiger partial charge in [-0.3, -0.25) is 9.59 Å². The summed E-state index contributed by atoms with van der Waals surface area (Å²) in [6, 6.07) is 4.91. The van der Waals surface area contributed by atoms with Gasteiger partial charge in [-0.2, -0.15) is 0 Å². The lowest BCUT2D eigenvalue weighted by Crippen LogP contribution is -2.38. The van der Waals surface area contributed by atoms with Crippen molar-refractivity contribution in [3.05, 3.63) is 29.3 Å². The van der Waals surface area contributed by atoms with Gasteiger partial charge in [-0.15, -0.1) is 0 Å². The summed E-state index contributed by atoms with van der Waals surface area (Å²) in [5.41, 5.74) is 0.800. The van der Waals surface area contributed by atoms with E-state index in [2.05, 4.69) is 10.6 Å². The molecule has 1 rings (SSSR count). The summed E-state index contributed by atoms with van der Waals surface area (Å²) < 4.78 is 0. The van der Waals surface area contributed by atoms with E-state index < -0.39 is 5.91 Å². The molecular formula is C14H20N2O3. The minimum absolute atomic E-state index is 0.0532. The van der Waals surface area contributed by atoms with Crippen molar-refractivity contribution in [1.29, 1.82) is 0 Å². The highest BCUT2D eigenvalue weighted by molar-refractivity contribution is 5.98. The highest BCUT2D eigenvalue weighted by Gasteiger charge is 2.13. The van der Waals surface area contributed by atoms with E-state index >= 15 is 0 Å². The smallest absolute Gasteiger partial charge is 0.255 e. The minimum Gasteiger partial charge on any atom is -0.507 e. The number of hydrogen-bond acceptors (Lipinski definition) is 3. The van der Waals surface area contributed by atoms with Crippen LogP contribution in [0.1, 0.15) is 29.8 Å². The first-order chi connectivity index (χ1) is 8.91. The summed E-state index contributed by atoms with van der Waals surface area (Å²) in [6.07, 6.45) is 0. The van der Waals surface area contributed by atoms with Gasteiger partial charge in [0.2, 0.25) is 5.91 Å². The maximum atomic E-state index is 11.8. The van der Waals surface area contributed by atoms with E-state index in [1.165, 1.54) is 6.07 Å².